The molecule has 0 saturated carbocycles. The summed E-state index contributed by atoms with van der Waals surface area (Å²) in [6.07, 6.45) is 0.306. The SMILES string of the molecule is CCc1ccc(O[C@@H](C)C(=O)Nc2ccccc2C#N)cc1. The van der Waals surface area contributed by atoms with Crippen LogP contribution in [0.1, 0.15) is 25.0 Å². The quantitative estimate of drug-likeness (QED) is 0.917. The number of hydrogen-bond donors (Lipinski definition) is 1. The van der Waals surface area contributed by atoms with Gasteiger partial charge in [0.05, 0.1) is 11.3 Å². The number of nitrogens with zero attached hydrogens (tertiary/aromatic N) is 1. The van der Waals surface area contributed by atoms with Gasteiger partial charge in [-0.3, -0.25) is 4.79 Å². The second kappa shape index (κ2) is 7.28. The second-order valence-corrected chi connectivity index (χ2v) is 4.90. The highest BCUT2D eigenvalue weighted by Gasteiger charge is 2.16. The van der Waals surface area contributed by atoms with E-state index in [-0.39, 0.29) is 5.91 Å². The summed E-state index contributed by atoms with van der Waals surface area (Å²) in [6.45, 7) is 3.76. The molecule has 0 bridgehead atoms. The maximum atomic E-state index is 12.2. The number of anilines is 1. The highest BCUT2D eigenvalue weighted by Crippen LogP contribution is 2.17. The Bertz CT molecular complexity index is 687. The zero-order valence-electron chi connectivity index (χ0n) is 12.7. The van der Waals surface area contributed by atoms with Gasteiger partial charge in [0.2, 0.25) is 0 Å². The lowest BCUT2D eigenvalue weighted by molar-refractivity contribution is -0.122. The summed E-state index contributed by atoms with van der Waals surface area (Å²) in [7, 11) is 0. The minimum atomic E-state index is -0.653. The van der Waals surface area contributed by atoms with Crippen molar-refractivity contribution in [1.29, 1.82) is 5.26 Å². The molecule has 0 unspecified atom stereocenters. The van der Waals surface area contributed by atoms with E-state index in [9.17, 15) is 4.79 Å². The summed E-state index contributed by atoms with van der Waals surface area (Å²) in [5, 5.41) is 11.7. The molecule has 0 aliphatic heterocycles. The Labute approximate surface area is 130 Å². The van der Waals surface area contributed by atoms with E-state index >= 15 is 0 Å². The van der Waals surface area contributed by atoms with Crippen molar-refractivity contribution in [1.82, 2.24) is 0 Å². The van der Waals surface area contributed by atoms with E-state index in [1.807, 2.05) is 30.3 Å². The Kier molecular flexibility index (Phi) is 5.16. The number of nitrogens with one attached hydrogen (secondary N) is 1. The van der Waals surface area contributed by atoms with Crippen LogP contribution in [-0.4, -0.2) is 12.0 Å². The average Bonchev–Trinajstić information content (AvgIpc) is 2.56. The molecule has 0 spiro atoms. The third kappa shape index (κ3) is 3.86. The molecular weight excluding hydrogens is 276 g/mol. The van der Waals surface area contributed by atoms with Gasteiger partial charge in [0.15, 0.2) is 6.10 Å². The van der Waals surface area contributed by atoms with Crippen molar-refractivity contribution in [3.05, 3.63) is 59.7 Å². The van der Waals surface area contributed by atoms with Crippen LogP contribution < -0.4 is 10.1 Å². The molecule has 2 aromatic rings. The summed E-state index contributed by atoms with van der Waals surface area (Å²) in [5.74, 6) is 0.357. The van der Waals surface area contributed by atoms with E-state index < -0.39 is 6.10 Å². The number of rotatable bonds is 5. The Hall–Kier alpha value is -2.80. The van der Waals surface area contributed by atoms with Crippen LogP contribution in [0.2, 0.25) is 0 Å². The van der Waals surface area contributed by atoms with Gasteiger partial charge in [0.1, 0.15) is 11.8 Å². The minimum absolute atomic E-state index is 0.290. The number of para-hydroxylation sites is 1. The molecule has 2 aromatic carbocycles. The number of carbonyl (C=O) groups excluding carboxylic acids is 1. The van der Waals surface area contributed by atoms with E-state index in [1.54, 1.807) is 31.2 Å². The van der Waals surface area contributed by atoms with Crippen LogP contribution in [-0.2, 0) is 11.2 Å². The topological polar surface area (TPSA) is 62.1 Å². The molecule has 22 heavy (non-hydrogen) atoms. The normalized spacial score (nSPS) is 11.3. The molecule has 0 aliphatic rings. The first-order valence-electron chi connectivity index (χ1n) is 7.19. The van der Waals surface area contributed by atoms with Crippen molar-refractivity contribution in [3.8, 4) is 11.8 Å². The van der Waals surface area contributed by atoms with Gasteiger partial charge >= 0.3 is 0 Å². The van der Waals surface area contributed by atoms with E-state index in [2.05, 4.69) is 12.2 Å². The van der Waals surface area contributed by atoms with Gasteiger partial charge in [-0.1, -0.05) is 31.2 Å². The molecule has 2 rings (SSSR count). The highest BCUT2D eigenvalue weighted by atomic mass is 16.5. The first kappa shape index (κ1) is 15.6. The van der Waals surface area contributed by atoms with Gasteiger partial charge in [-0.2, -0.15) is 5.26 Å². The highest BCUT2D eigenvalue weighted by molar-refractivity contribution is 5.95. The number of amides is 1. The van der Waals surface area contributed by atoms with Gasteiger partial charge < -0.3 is 10.1 Å². The summed E-state index contributed by atoms with van der Waals surface area (Å²) < 4.78 is 5.63. The predicted octanol–water partition coefficient (Wildman–Crippen LogP) is 3.53. The van der Waals surface area contributed by atoms with Crippen molar-refractivity contribution in [2.75, 3.05) is 5.32 Å². The van der Waals surface area contributed by atoms with Gasteiger partial charge in [0, 0.05) is 0 Å². The van der Waals surface area contributed by atoms with Crippen LogP contribution in [0.3, 0.4) is 0 Å². The zero-order valence-corrected chi connectivity index (χ0v) is 12.7. The van der Waals surface area contributed by atoms with E-state index in [0.29, 0.717) is 17.0 Å². The van der Waals surface area contributed by atoms with Crippen molar-refractivity contribution >= 4 is 11.6 Å². The van der Waals surface area contributed by atoms with Crippen LogP contribution in [0, 0.1) is 11.3 Å². The lowest BCUT2D eigenvalue weighted by Crippen LogP contribution is -2.30. The maximum absolute atomic E-state index is 12.2. The first-order valence-corrected chi connectivity index (χ1v) is 7.19. The van der Waals surface area contributed by atoms with Crippen LogP contribution in [0.5, 0.6) is 5.75 Å². The molecule has 0 saturated heterocycles. The van der Waals surface area contributed by atoms with E-state index in [0.717, 1.165) is 6.42 Å². The summed E-state index contributed by atoms with van der Waals surface area (Å²) in [5.41, 5.74) is 2.13. The van der Waals surface area contributed by atoms with Crippen LogP contribution >= 0.6 is 0 Å². The Balaban J connectivity index is 2.01. The monoisotopic (exact) mass is 294 g/mol. The van der Waals surface area contributed by atoms with Crippen LogP contribution in [0.15, 0.2) is 48.5 Å². The zero-order chi connectivity index (χ0) is 15.9. The molecule has 1 amide bonds. The van der Waals surface area contributed by atoms with E-state index in [4.69, 9.17) is 10.00 Å². The molecular formula is C18H18N2O2. The average molecular weight is 294 g/mol. The summed E-state index contributed by atoms with van der Waals surface area (Å²) in [4.78, 5) is 12.2. The van der Waals surface area contributed by atoms with Crippen molar-refractivity contribution < 1.29 is 9.53 Å². The largest absolute Gasteiger partial charge is 0.481 e. The lowest BCUT2D eigenvalue weighted by Gasteiger charge is -2.15. The first-order chi connectivity index (χ1) is 10.6. The molecule has 4 heteroatoms. The molecule has 0 heterocycles. The third-order valence-corrected chi connectivity index (χ3v) is 3.32. The fraction of sp³-hybridized carbons (Fsp3) is 0.222. The second-order valence-electron chi connectivity index (χ2n) is 4.90. The molecule has 4 nitrogen and oxygen atoms in total. The molecule has 112 valence electrons. The van der Waals surface area contributed by atoms with Gasteiger partial charge in [-0.05, 0) is 43.2 Å². The van der Waals surface area contributed by atoms with Crippen molar-refractivity contribution in [2.24, 2.45) is 0 Å². The number of hydrogen-bond acceptors (Lipinski definition) is 3. The van der Waals surface area contributed by atoms with Gasteiger partial charge in [0.25, 0.3) is 5.91 Å². The standard InChI is InChI=1S/C18H18N2O2/c1-3-14-8-10-16(11-9-14)22-13(2)18(21)20-17-7-5-4-6-15(17)12-19/h4-11,13H,3H2,1-2H3,(H,20,21)/t13-/m0/s1. The molecule has 0 aliphatic carbocycles. The molecule has 1 atom stereocenters. The number of carbonyl (C=O) groups is 1. The van der Waals surface area contributed by atoms with Crippen LogP contribution in [0.4, 0.5) is 5.69 Å². The Morgan fingerprint density at radius 1 is 1.23 bits per heavy atom. The van der Waals surface area contributed by atoms with Crippen molar-refractivity contribution in [3.63, 3.8) is 0 Å². The number of aryl methyl sites for hydroxylation is 1. The fourth-order valence-electron chi connectivity index (χ4n) is 1.99. The molecule has 0 radical (unpaired) electrons. The molecule has 0 fully saturated rings. The van der Waals surface area contributed by atoms with Gasteiger partial charge in [-0.25, -0.2) is 0 Å². The number of nitriles is 1. The molecule has 0 aromatic heterocycles. The molecule has 1 N–H and O–H groups in total. The van der Waals surface area contributed by atoms with Crippen molar-refractivity contribution in [2.45, 2.75) is 26.4 Å². The predicted molar refractivity (Wildman–Crippen MR) is 85.7 cm³/mol. The summed E-state index contributed by atoms with van der Waals surface area (Å²) in [6, 6.07) is 16.6. The maximum Gasteiger partial charge on any atom is 0.265 e. The summed E-state index contributed by atoms with van der Waals surface area (Å²) >= 11 is 0. The van der Waals surface area contributed by atoms with Crippen LogP contribution in [0.25, 0.3) is 0 Å². The third-order valence-electron chi connectivity index (χ3n) is 3.32. The number of benzene rings is 2. The lowest BCUT2D eigenvalue weighted by atomic mass is 10.2. The van der Waals surface area contributed by atoms with E-state index in [1.165, 1.54) is 5.56 Å². The number of ether oxygens (including phenoxy) is 1. The Morgan fingerprint density at radius 3 is 2.55 bits per heavy atom. The van der Waals surface area contributed by atoms with Gasteiger partial charge in [-0.15, -0.1) is 0 Å². The smallest absolute Gasteiger partial charge is 0.265 e. The Morgan fingerprint density at radius 2 is 1.91 bits per heavy atom. The minimum Gasteiger partial charge on any atom is -0.481 e. The fourth-order valence-corrected chi connectivity index (χ4v) is 1.99.